The maximum atomic E-state index is 11.3. The van der Waals surface area contributed by atoms with Crippen molar-refractivity contribution in [2.24, 2.45) is 0 Å². The number of rotatable bonds is 7. The zero-order valence-corrected chi connectivity index (χ0v) is 12.3. The smallest absolute Gasteiger partial charge is 0.336 e. The Balaban J connectivity index is 3.12. The lowest BCUT2D eigenvalue weighted by atomic mass is 10.00. The van der Waals surface area contributed by atoms with E-state index >= 15 is 0 Å². The highest BCUT2D eigenvalue weighted by Gasteiger charge is 2.19. The third-order valence-electron chi connectivity index (χ3n) is 3.11. The second-order valence-corrected chi connectivity index (χ2v) is 4.71. The molecule has 0 heterocycles. The van der Waals surface area contributed by atoms with E-state index < -0.39 is 5.97 Å². The van der Waals surface area contributed by atoms with E-state index in [1.165, 1.54) is 0 Å². The van der Waals surface area contributed by atoms with Gasteiger partial charge in [0.25, 0.3) is 0 Å². The van der Waals surface area contributed by atoms with Crippen molar-refractivity contribution >= 4 is 17.6 Å². The fourth-order valence-corrected chi connectivity index (χ4v) is 2.17. The first-order chi connectivity index (χ1) is 9.01. The number of hydrogen-bond acceptors (Lipinski definition) is 3. The lowest BCUT2D eigenvalue weighted by Crippen LogP contribution is -2.26. The van der Waals surface area contributed by atoms with E-state index in [0.29, 0.717) is 30.3 Å². The standard InChI is InChI=1S/C14H20ClNO3/c1-4-19-11-5-6-12(14(17)18)13(9-11)10(2)16(3)8-7-15/h5-6,9-10H,4,7-8H2,1-3H3,(H,17,18). The van der Waals surface area contributed by atoms with Gasteiger partial charge >= 0.3 is 5.97 Å². The monoisotopic (exact) mass is 285 g/mol. The van der Waals surface area contributed by atoms with Gasteiger partial charge in [0, 0.05) is 18.5 Å². The van der Waals surface area contributed by atoms with Crippen LogP contribution < -0.4 is 4.74 Å². The quantitative estimate of drug-likeness (QED) is 0.783. The number of aromatic carboxylic acids is 1. The predicted octanol–water partition coefficient (Wildman–Crippen LogP) is 3.02. The molecule has 0 spiro atoms. The molecule has 19 heavy (non-hydrogen) atoms. The number of ether oxygens (including phenoxy) is 1. The minimum Gasteiger partial charge on any atom is -0.494 e. The molecule has 5 heteroatoms. The van der Waals surface area contributed by atoms with Gasteiger partial charge in [-0.05, 0) is 44.7 Å². The van der Waals surface area contributed by atoms with Crippen molar-refractivity contribution in [2.75, 3.05) is 26.1 Å². The second-order valence-electron chi connectivity index (χ2n) is 4.33. The largest absolute Gasteiger partial charge is 0.494 e. The molecule has 0 saturated heterocycles. The zero-order chi connectivity index (χ0) is 14.4. The molecular formula is C14H20ClNO3. The summed E-state index contributed by atoms with van der Waals surface area (Å²) < 4.78 is 5.43. The number of carboxylic acids is 1. The molecule has 0 saturated carbocycles. The van der Waals surface area contributed by atoms with Crippen molar-refractivity contribution in [1.82, 2.24) is 4.90 Å². The molecule has 0 aliphatic carbocycles. The van der Waals surface area contributed by atoms with Crippen LogP contribution in [0.2, 0.25) is 0 Å². The number of alkyl halides is 1. The number of hydrogen-bond donors (Lipinski definition) is 1. The Labute approximate surface area is 118 Å². The van der Waals surface area contributed by atoms with Crippen LogP contribution in [-0.2, 0) is 0 Å². The normalized spacial score (nSPS) is 12.5. The van der Waals surface area contributed by atoms with Gasteiger partial charge in [-0.2, -0.15) is 0 Å². The van der Waals surface area contributed by atoms with Crippen molar-refractivity contribution in [3.63, 3.8) is 0 Å². The molecule has 0 amide bonds. The molecule has 0 radical (unpaired) electrons. The van der Waals surface area contributed by atoms with E-state index in [1.807, 2.05) is 25.8 Å². The van der Waals surface area contributed by atoms with Gasteiger partial charge in [0.2, 0.25) is 0 Å². The van der Waals surface area contributed by atoms with Gasteiger partial charge in [0.05, 0.1) is 12.2 Å². The molecule has 1 aromatic carbocycles. The fourth-order valence-electron chi connectivity index (χ4n) is 1.90. The summed E-state index contributed by atoms with van der Waals surface area (Å²) in [5, 5.41) is 9.26. The van der Waals surface area contributed by atoms with Gasteiger partial charge in [0.1, 0.15) is 5.75 Å². The van der Waals surface area contributed by atoms with E-state index in [1.54, 1.807) is 18.2 Å². The SMILES string of the molecule is CCOc1ccc(C(=O)O)c(C(C)N(C)CCCl)c1. The van der Waals surface area contributed by atoms with Crippen LogP contribution in [0.1, 0.15) is 35.8 Å². The number of nitrogens with zero attached hydrogens (tertiary/aromatic N) is 1. The summed E-state index contributed by atoms with van der Waals surface area (Å²) in [6.07, 6.45) is 0. The van der Waals surface area contributed by atoms with E-state index in [-0.39, 0.29) is 6.04 Å². The molecule has 1 N–H and O–H groups in total. The molecule has 0 bridgehead atoms. The average molecular weight is 286 g/mol. The number of halogens is 1. The lowest BCUT2D eigenvalue weighted by Gasteiger charge is -2.25. The minimum atomic E-state index is -0.927. The first-order valence-corrected chi connectivity index (χ1v) is 6.81. The summed E-state index contributed by atoms with van der Waals surface area (Å²) in [5.41, 5.74) is 1.04. The van der Waals surface area contributed by atoms with Crippen LogP contribution in [0.15, 0.2) is 18.2 Å². The van der Waals surface area contributed by atoms with Crippen LogP contribution in [0.4, 0.5) is 0 Å². The number of benzene rings is 1. The van der Waals surface area contributed by atoms with E-state index in [9.17, 15) is 9.90 Å². The molecule has 4 nitrogen and oxygen atoms in total. The second kappa shape index (κ2) is 7.36. The van der Waals surface area contributed by atoms with Crippen molar-refractivity contribution in [3.05, 3.63) is 29.3 Å². The Bertz CT molecular complexity index is 437. The predicted molar refractivity (Wildman–Crippen MR) is 76.3 cm³/mol. The molecule has 1 unspecified atom stereocenters. The van der Waals surface area contributed by atoms with E-state index in [0.717, 1.165) is 5.56 Å². The summed E-state index contributed by atoms with van der Waals surface area (Å²) in [5.74, 6) is 0.270. The van der Waals surface area contributed by atoms with Gasteiger partial charge in [-0.25, -0.2) is 4.79 Å². The molecule has 0 fully saturated rings. The Hall–Kier alpha value is -1.26. The number of carboxylic acid groups (broad SMARTS) is 1. The van der Waals surface area contributed by atoms with Gasteiger partial charge in [-0.15, -0.1) is 11.6 Å². The first kappa shape index (κ1) is 15.8. The van der Waals surface area contributed by atoms with Crippen molar-refractivity contribution in [2.45, 2.75) is 19.9 Å². The van der Waals surface area contributed by atoms with Crippen molar-refractivity contribution in [1.29, 1.82) is 0 Å². The molecule has 0 aliphatic rings. The van der Waals surface area contributed by atoms with Crippen LogP contribution >= 0.6 is 11.6 Å². The van der Waals surface area contributed by atoms with Crippen LogP contribution in [0.5, 0.6) is 5.75 Å². The summed E-state index contributed by atoms with van der Waals surface area (Å²) >= 11 is 5.73. The molecule has 1 aromatic rings. The van der Waals surface area contributed by atoms with E-state index in [4.69, 9.17) is 16.3 Å². The summed E-state index contributed by atoms with van der Waals surface area (Å²) in [7, 11) is 1.92. The fraction of sp³-hybridized carbons (Fsp3) is 0.500. The van der Waals surface area contributed by atoms with Crippen molar-refractivity contribution in [3.8, 4) is 5.75 Å². The Morgan fingerprint density at radius 1 is 1.53 bits per heavy atom. The Morgan fingerprint density at radius 3 is 2.74 bits per heavy atom. The molecule has 106 valence electrons. The summed E-state index contributed by atoms with van der Waals surface area (Å²) in [6.45, 7) is 5.11. The van der Waals surface area contributed by atoms with Crippen LogP contribution in [0.25, 0.3) is 0 Å². The van der Waals surface area contributed by atoms with Crippen LogP contribution in [0.3, 0.4) is 0 Å². The van der Waals surface area contributed by atoms with Gasteiger partial charge in [-0.3, -0.25) is 4.90 Å². The third kappa shape index (κ3) is 4.11. The molecule has 1 atom stereocenters. The average Bonchev–Trinajstić information content (AvgIpc) is 2.38. The highest BCUT2D eigenvalue weighted by Crippen LogP contribution is 2.27. The third-order valence-corrected chi connectivity index (χ3v) is 3.28. The molecule has 0 aliphatic heterocycles. The number of carbonyl (C=O) groups is 1. The maximum Gasteiger partial charge on any atom is 0.336 e. The minimum absolute atomic E-state index is 0.0368. The topological polar surface area (TPSA) is 49.8 Å². The van der Waals surface area contributed by atoms with Crippen molar-refractivity contribution < 1.29 is 14.6 Å². The molecule has 1 rings (SSSR count). The van der Waals surface area contributed by atoms with Gasteiger partial charge < -0.3 is 9.84 Å². The Morgan fingerprint density at radius 2 is 2.21 bits per heavy atom. The summed E-state index contributed by atoms with van der Waals surface area (Å²) in [6, 6.07) is 5.03. The lowest BCUT2D eigenvalue weighted by molar-refractivity contribution is 0.0693. The van der Waals surface area contributed by atoms with Gasteiger partial charge in [0.15, 0.2) is 0 Å². The van der Waals surface area contributed by atoms with E-state index in [2.05, 4.69) is 0 Å². The summed E-state index contributed by atoms with van der Waals surface area (Å²) in [4.78, 5) is 13.3. The van der Waals surface area contributed by atoms with Crippen LogP contribution in [0, 0.1) is 0 Å². The highest BCUT2D eigenvalue weighted by atomic mass is 35.5. The zero-order valence-electron chi connectivity index (χ0n) is 11.5. The van der Waals surface area contributed by atoms with Crippen LogP contribution in [-0.4, -0.2) is 42.1 Å². The van der Waals surface area contributed by atoms with Gasteiger partial charge in [-0.1, -0.05) is 0 Å². The molecular weight excluding hydrogens is 266 g/mol. The first-order valence-electron chi connectivity index (χ1n) is 6.27. The Kier molecular flexibility index (Phi) is 6.12. The highest BCUT2D eigenvalue weighted by molar-refractivity contribution is 6.18. The molecule has 0 aromatic heterocycles. The maximum absolute atomic E-state index is 11.3.